The van der Waals surface area contributed by atoms with Gasteiger partial charge in [-0.15, -0.1) is 0 Å². The molecular weight excluding hydrogens is 378 g/mol. The van der Waals surface area contributed by atoms with Crippen molar-refractivity contribution in [3.63, 3.8) is 0 Å². The number of carbonyl (C=O) groups excluding carboxylic acids is 2. The molecule has 7 heteroatoms. The van der Waals surface area contributed by atoms with Crippen LogP contribution in [-0.4, -0.2) is 35.9 Å². The second-order valence-electron chi connectivity index (χ2n) is 6.58. The molecule has 2 rings (SSSR count). The van der Waals surface area contributed by atoms with Crippen LogP contribution in [0.25, 0.3) is 0 Å². The minimum absolute atomic E-state index is 0.0361. The Kier molecular flexibility index (Phi) is 8.58. The van der Waals surface area contributed by atoms with Crippen molar-refractivity contribution in [3.8, 4) is 5.75 Å². The Balaban J connectivity index is 2.19. The van der Waals surface area contributed by atoms with E-state index in [4.69, 9.17) is 4.74 Å². The second-order valence-corrected chi connectivity index (χ2v) is 6.58. The third kappa shape index (κ3) is 6.55. The fourth-order valence-electron chi connectivity index (χ4n) is 2.86. The summed E-state index contributed by atoms with van der Waals surface area (Å²) in [7, 11) is 0. The first kappa shape index (κ1) is 22.3. The molecule has 1 atom stereocenters. The van der Waals surface area contributed by atoms with Crippen LogP contribution >= 0.6 is 0 Å². The second kappa shape index (κ2) is 11.1. The van der Waals surface area contributed by atoms with E-state index in [1.807, 2.05) is 6.92 Å². The molecule has 0 saturated carbocycles. The number of nitrogens with one attached hydrogen (secondary N) is 1. The van der Waals surface area contributed by atoms with E-state index in [2.05, 4.69) is 5.32 Å². The van der Waals surface area contributed by atoms with Crippen molar-refractivity contribution in [2.75, 3.05) is 13.2 Å². The minimum atomic E-state index is -0.719. The zero-order chi connectivity index (χ0) is 21.2. The highest BCUT2D eigenvalue weighted by Crippen LogP contribution is 2.17. The van der Waals surface area contributed by atoms with Gasteiger partial charge in [0.2, 0.25) is 5.91 Å². The Labute approximate surface area is 169 Å². The van der Waals surface area contributed by atoms with E-state index in [0.717, 1.165) is 6.42 Å². The molecule has 0 aliphatic heterocycles. The molecule has 2 aromatic carbocycles. The molecule has 0 spiro atoms. The maximum absolute atomic E-state index is 13.8. The molecule has 2 amide bonds. The third-order valence-electron chi connectivity index (χ3n) is 4.39. The van der Waals surface area contributed by atoms with Gasteiger partial charge in [-0.3, -0.25) is 9.59 Å². The van der Waals surface area contributed by atoms with E-state index >= 15 is 0 Å². The van der Waals surface area contributed by atoms with Crippen molar-refractivity contribution in [1.29, 1.82) is 0 Å². The summed E-state index contributed by atoms with van der Waals surface area (Å²) in [5.41, 5.74) is 0.674. The van der Waals surface area contributed by atoms with E-state index < -0.39 is 24.4 Å². The Morgan fingerprint density at radius 2 is 1.76 bits per heavy atom. The lowest BCUT2D eigenvalue weighted by Gasteiger charge is -2.30. The lowest BCUT2D eigenvalue weighted by atomic mass is 10.1. The predicted molar refractivity (Wildman–Crippen MR) is 106 cm³/mol. The molecular formula is C22H26F2N2O3. The van der Waals surface area contributed by atoms with Gasteiger partial charge in [0.25, 0.3) is 5.91 Å². The maximum Gasteiger partial charge on any atom is 0.261 e. The Morgan fingerprint density at radius 3 is 2.38 bits per heavy atom. The number of ether oxygens (including phenoxy) is 1. The average Bonchev–Trinajstić information content (AvgIpc) is 2.72. The van der Waals surface area contributed by atoms with Gasteiger partial charge >= 0.3 is 0 Å². The number of rotatable bonds is 10. The van der Waals surface area contributed by atoms with Gasteiger partial charge in [0.05, 0.1) is 0 Å². The molecule has 0 saturated heterocycles. The van der Waals surface area contributed by atoms with Crippen LogP contribution in [0.5, 0.6) is 5.75 Å². The van der Waals surface area contributed by atoms with Crippen molar-refractivity contribution in [3.05, 3.63) is 65.7 Å². The van der Waals surface area contributed by atoms with Crippen LogP contribution < -0.4 is 10.1 Å². The normalized spacial score (nSPS) is 11.6. The van der Waals surface area contributed by atoms with Gasteiger partial charge in [-0.1, -0.05) is 38.1 Å². The van der Waals surface area contributed by atoms with Gasteiger partial charge < -0.3 is 15.0 Å². The number of hydrogen-bond donors (Lipinski definition) is 1. The topological polar surface area (TPSA) is 58.6 Å². The maximum atomic E-state index is 13.8. The van der Waals surface area contributed by atoms with Gasteiger partial charge in [0.1, 0.15) is 11.9 Å². The number of hydrogen-bond acceptors (Lipinski definition) is 3. The van der Waals surface area contributed by atoms with Crippen LogP contribution in [0.4, 0.5) is 8.78 Å². The molecule has 5 nitrogen and oxygen atoms in total. The fourth-order valence-corrected chi connectivity index (χ4v) is 2.86. The van der Waals surface area contributed by atoms with Gasteiger partial charge in [0.15, 0.2) is 18.2 Å². The van der Waals surface area contributed by atoms with Crippen LogP contribution in [0.15, 0.2) is 48.5 Å². The summed E-state index contributed by atoms with van der Waals surface area (Å²) >= 11 is 0. The molecule has 0 radical (unpaired) electrons. The summed E-state index contributed by atoms with van der Waals surface area (Å²) in [6, 6.07) is 10.8. The molecule has 0 aliphatic carbocycles. The molecule has 29 heavy (non-hydrogen) atoms. The quantitative estimate of drug-likeness (QED) is 0.657. The molecule has 0 heterocycles. The minimum Gasteiger partial charge on any atom is -0.481 e. The van der Waals surface area contributed by atoms with Gasteiger partial charge in [-0.05, 0) is 42.7 Å². The molecule has 156 valence electrons. The van der Waals surface area contributed by atoms with Gasteiger partial charge in [-0.2, -0.15) is 0 Å². The Hall–Kier alpha value is -2.96. The summed E-state index contributed by atoms with van der Waals surface area (Å²) in [5.74, 6) is -1.72. The van der Waals surface area contributed by atoms with E-state index in [1.54, 1.807) is 25.1 Å². The molecule has 0 fully saturated rings. The summed E-state index contributed by atoms with van der Waals surface area (Å²) in [5, 5.41) is 2.80. The number of para-hydroxylation sites is 1. The first-order chi connectivity index (χ1) is 14.0. The van der Waals surface area contributed by atoms with Crippen molar-refractivity contribution in [1.82, 2.24) is 10.2 Å². The van der Waals surface area contributed by atoms with E-state index in [0.29, 0.717) is 18.5 Å². The van der Waals surface area contributed by atoms with E-state index in [9.17, 15) is 18.4 Å². The number of amides is 2. The van der Waals surface area contributed by atoms with Crippen LogP contribution in [0.3, 0.4) is 0 Å². The van der Waals surface area contributed by atoms with Gasteiger partial charge in [0, 0.05) is 13.1 Å². The zero-order valence-corrected chi connectivity index (χ0v) is 16.7. The smallest absolute Gasteiger partial charge is 0.261 e. The molecule has 0 unspecified atom stereocenters. The molecule has 2 aromatic rings. The van der Waals surface area contributed by atoms with Crippen molar-refractivity contribution >= 4 is 11.8 Å². The molecule has 0 bridgehead atoms. The Bertz CT molecular complexity index is 812. The van der Waals surface area contributed by atoms with Crippen molar-refractivity contribution in [2.45, 2.75) is 39.3 Å². The summed E-state index contributed by atoms with van der Waals surface area (Å²) in [6.45, 7) is 3.93. The third-order valence-corrected chi connectivity index (χ3v) is 4.39. The van der Waals surface area contributed by atoms with E-state index in [-0.39, 0.29) is 24.0 Å². The highest BCUT2D eigenvalue weighted by atomic mass is 19.1. The van der Waals surface area contributed by atoms with Crippen LogP contribution in [-0.2, 0) is 16.1 Å². The average molecular weight is 404 g/mol. The first-order valence-corrected chi connectivity index (χ1v) is 9.65. The fraction of sp³-hybridized carbons (Fsp3) is 0.364. The van der Waals surface area contributed by atoms with Crippen molar-refractivity contribution < 1.29 is 23.1 Å². The number of nitrogens with zero attached hydrogens (tertiary/aromatic N) is 1. The lowest BCUT2D eigenvalue weighted by Crippen LogP contribution is -2.50. The molecule has 1 N–H and O–H groups in total. The molecule has 0 aliphatic rings. The molecule has 0 aromatic heterocycles. The predicted octanol–water partition coefficient (Wildman–Crippen LogP) is 3.68. The standard InChI is InChI=1S/C22H26F2N2O3/c1-3-13-25-22(28)19(4-2)26(14-16-9-11-17(23)12-10-16)21(27)15-29-20-8-6-5-7-18(20)24/h5-12,19H,3-4,13-15H2,1-2H3,(H,25,28)/t19-/m0/s1. The SMILES string of the molecule is CCCNC(=O)[C@H](CC)N(Cc1ccc(F)cc1)C(=O)COc1ccccc1F. The van der Waals surface area contributed by atoms with Crippen LogP contribution in [0.1, 0.15) is 32.3 Å². The summed E-state index contributed by atoms with van der Waals surface area (Å²) in [4.78, 5) is 26.9. The zero-order valence-electron chi connectivity index (χ0n) is 16.7. The lowest BCUT2D eigenvalue weighted by molar-refractivity contribution is -0.143. The van der Waals surface area contributed by atoms with Crippen LogP contribution in [0.2, 0.25) is 0 Å². The number of halogens is 2. The number of benzene rings is 2. The number of carbonyl (C=O) groups is 2. The summed E-state index contributed by atoms with van der Waals surface area (Å²) in [6.07, 6.45) is 1.16. The van der Waals surface area contributed by atoms with Crippen molar-refractivity contribution in [2.24, 2.45) is 0 Å². The highest BCUT2D eigenvalue weighted by molar-refractivity contribution is 5.88. The summed E-state index contributed by atoms with van der Waals surface area (Å²) < 4.78 is 32.3. The Morgan fingerprint density at radius 1 is 1.07 bits per heavy atom. The largest absolute Gasteiger partial charge is 0.481 e. The van der Waals surface area contributed by atoms with Gasteiger partial charge in [-0.25, -0.2) is 8.78 Å². The van der Waals surface area contributed by atoms with Crippen LogP contribution in [0, 0.1) is 11.6 Å². The first-order valence-electron chi connectivity index (χ1n) is 9.65. The highest BCUT2D eigenvalue weighted by Gasteiger charge is 2.28. The van der Waals surface area contributed by atoms with E-state index in [1.165, 1.54) is 35.2 Å². The monoisotopic (exact) mass is 404 g/mol.